The molecule has 0 aliphatic carbocycles. The molecule has 2 aromatic carbocycles. The number of carboxylic acids is 2. The Balaban J connectivity index is 2.22. The summed E-state index contributed by atoms with van der Waals surface area (Å²) in [5, 5.41) is 21.9. The van der Waals surface area contributed by atoms with Gasteiger partial charge in [-0.25, -0.2) is 9.59 Å². The number of aliphatic carboxylic acids is 2. The number of carbonyl (C=O) groups is 2. The van der Waals surface area contributed by atoms with E-state index in [1.807, 2.05) is 30.3 Å². The highest BCUT2D eigenvalue weighted by molar-refractivity contribution is 7.99. The molecule has 128 valence electrons. The van der Waals surface area contributed by atoms with Crippen molar-refractivity contribution < 1.29 is 19.8 Å². The van der Waals surface area contributed by atoms with Crippen LogP contribution in [0, 0.1) is 0 Å². The number of hydrogen-bond acceptors (Lipinski definition) is 5. The molecule has 0 spiro atoms. The van der Waals surface area contributed by atoms with E-state index >= 15 is 0 Å². The Morgan fingerprint density at radius 1 is 1.12 bits per heavy atom. The number of benzene rings is 2. The molecule has 3 rings (SSSR count). The second-order valence-electron chi connectivity index (χ2n) is 5.45. The summed E-state index contributed by atoms with van der Waals surface area (Å²) in [4.78, 5) is 24.5. The Hall–Kier alpha value is -2.77. The second kappa shape index (κ2) is 7.00. The van der Waals surface area contributed by atoms with Gasteiger partial charge in [0.1, 0.15) is 0 Å². The average Bonchev–Trinajstić information content (AvgIpc) is 2.75. The van der Waals surface area contributed by atoms with E-state index in [4.69, 9.17) is 10.8 Å². The van der Waals surface area contributed by atoms with Crippen LogP contribution in [0.15, 0.2) is 58.3 Å². The van der Waals surface area contributed by atoms with Crippen molar-refractivity contribution in [3.05, 3.63) is 59.7 Å². The topological polar surface area (TPSA) is 113 Å². The fourth-order valence-corrected chi connectivity index (χ4v) is 3.96. The predicted octanol–water partition coefficient (Wildman–Crippen LogP) is 2.82. The van der Waals surface area contributed by atoms with Crippen LogP contribution in [0.5, 0.6) is 0 Å². The summed E-state index contributed by atoms with van der Waals surface area (Å²) in [5.41, 5.74) is 7.63. The number of para-hydroxylation sites is 1. The van der Waals surface area contributed by atoms with E-state index in [0.717, 1.165) is 15.5 Å². The summed E-state index contributed by atoms with van der Waals surface area (Å²) in [6.45, 7) is 0.235. The fourth-order valence-electron chi connectivity index (χ4n) is 2.84. The van der Waals surface area contributed by atoms with Crippen LogP contribution in [0.4, 0.5) is 5.69 Å². The lowest BCUT2D eigenvalue weighted by atomic mass is 9.94. The maximum absolute atomic E-state index is 11.6. The van der Waals surface area contributed by atoms with E-state index in [1.54, 1.807) is 12.1 Å². The van der Waals surface area contributed by atoms with Crippen molar-refractivity contribution in [2.45, 2.75) is 15.8 Å². The van der Waals surface area contributed by atoms with Gasteiger partial charge in [-0.2, -0.15) is 0 Å². The average molecular weight is 356 g/mol. The van der Waals surface area contributed by atoms with Gasteiger partial charge in [0.05, 0.1) is 11.6 Å². The zero-order valence-corrected chi connectivity index (χ0v) is 13.9. The summed E-state index contributed by atoms with van der Waals surface area (Å²) in [6, 6.07) is 12.6. The van der Waals surface area contributed by atoms with Gasteiger partial charge in [0, 0.05) is 28.1 Å². The maximum Gasteiger partial charge on any atom is 0.336 e. The summed E-state index contributed by atoms with van der Waals surface area (Å²) in [6.07, 6.45) is 0.716. The Morgan fingerprint density at radius 2 is 1.84 bits per heavy atom. The number of fused-ring (bicyclic) bond motifs is 2. The third-order valence-corrected chi connectivity index (χ3v) is 5.03. The molecule has 5 N–H and O–H groups in total. The first-order valence-corrected chi connectivity index (χ1v) is 8.37. The molecule has 0 saturated heterocycles. The van der Waals surface area contributed by atoms with Crippen LogP contribution < -0.4 is 11.1 Å². The van der Waals surface area contributed by atoms with Crippen molar-refractivity contribution in [3.8, 4) is 0 Å². The predicted molar refractivity (Wildman–Crippen MR) is 95.7 cm³/mol. The van der Waals surface area contributed by atoms with Crippen LogP contribution in [-0.4, -0.2) is 28.7 Å². The first-order chi connectivity index (χ1) is 12.0. The Morgan fingerprint density at radius 3 is 2.52 bits per heavy atom. The molecule has 2 aromatic rings. The maximum atomic E-state index is 11.6. The van der Waals surface area contributed by atoms with Gasteiger partial charge in [0.25, 0.3) is 0 Å². The van der Waals surface area contributed by atoms with Crippen molar-refractivity contribution in [1.82, 2.24) is 0 Å². The molecule has 0 saturated carbocycles. The van der Waals surface area contributed by atoms with Crippen LogP contribution in [0.1, 0.15) is 17.2 Å². The molecule has 7 heteroatoms. The standard InChI is InChI=1S/C18H16N2O4S/c19-9-13-17-10(11(18(23)24)8-16(21)22)4-3-7-15(17)25-14-6-2-1-5-12(14)20-13/h1-8,13,20H,9,19H2,(H,21,22)(H,23,24). The Kier molecular flexibility index (Phi) is 4.78. The third-order valence-electron chi connectivity index (χ3n) is 3.88. The van der Waals surface area contributed by atoms with E-state index in [0.29, 0.717) is 17.2 Å². The monoisotopic (exact) mass is 356 g/mol. The molecule has 0 aromatic heterocycles. The second-order valence-corrected chi connectivity index (χ2v) is 6.53. The quantitative estimate of drug-likeness (QED) is 0.623. The van der Waals surface area contributed by atoms with E-state index in [1.165, 1.54) is 11.8 Å². The largest absolute Gasteiger partial charge is 0.478 e. The van der Waals surface area contributed by atoms with Crippen LogP contribution >= 0.6 is 11.8 Å². The van der Waals surface area contributed by atoms with Crippen molar-refractivity contribution in [3.63, 3.8) is 0 Å². The lowest BCUT2D eigenvalue weighted by Crippen LogP contribution is -2.22. The summed E-state index contributed by atoms with van der Waals surface area (Å²) in [7, 11) is 0. The first kappa shape index (κ1) is 17.1. The number of nitrogens with two attached hydrogens (primary N) is 1. The summed E-state index contributed by atoms with van der Waals surface area (Å²) in [5.74, 6) is -2.60. The molecule has 1 unspecified atom stereocenters. The highest BCUT2D eigenvalue weighted by atomic mass is 32.2. The summed E-state index contributed by atoms with van der Waals surface area (Å²) >= 11 is 1.50. The van der Waals surface area contributed by atoms with Gasteiger partial charge < -0.3 is 21.3 Å². The first-order valence-electron chi connectivity index (χ1n) is 7.56. The molecule has 6 nitrogen and oxygen atoms in total. The zero-order chi connectivity index (χ0) is 18.0. The number of rotatable bonds is 4. The SMILES string of the molecule is NCC1Nc2ccccc2Sc2cccc(C(=CC(=O)O)C(=O)O)c21. The smallest absolute Gasteiger partial charge is 0.336 e. The minimum atomic E-state index is -1.31. The zero-order valence-electron chi connectivity index (χ0n) is 13.1. The van der Waals surface area contributed by atoms with Crippen LogP contribution in [-0.2, 0) is 9.59 Å². The highest BCUT2D eigenvalue weighted by Gasteiger charge is 2.27. The molecular formula is C18H16N2O4S. The molecular weight excluding hydrogens is 340 g/mol. The van der Waals surface area contributed by atoms with Crippen molar-refractivity contribution in [2.24, 2.45) is 5.73 Å². The van der Waals surface area contributed by atoms with E-state index in [2.05, 4.69) is 5.32 Å². The van der Waals surface area contributed by atoms with E-state index in [-0.39, 0.29) is 18.2 Å². The van der Waals surface area contributed by atoms with Gasteiger partial charge in [0.15, 0.2) is 0 Å². The van der Waals surface area contributed by atoms with Crippen LogP contribution in [0.2, 0.25) is 0 Å². The number of hydrogen-bond donors (Lipinski definition) is 4. The molecule has 1 aliphatic rings. The van der Waals surface area contributed by atoms with Gasteiger partial charge in [-0.1, -0.05) is 36.0 Å². The molecule has 1 atom stereocenters. The molecule has 1 aliphatic heterocycles. The molecule has 1 heterocycles. The summed E-state index contributed by atoms with van der Waals surface area (Å²) < 4.78 is 0. The minimum Gasteiger partial charge on any atom is -0.478 e. The lowest BCUT2D eigenvalue weighted by Gasteiger charge is -2.21. The van der Waals surface area contributed by atoms with Gasteiger partial charge in [-0.15, -0.1) is 0 Å². The van der Waals surface area contributed by atoms with Gasteiger partial charge in [0.2, 0.25) is 0 Å². The molecule has 0 fully saturated rings. The van der Waals surface area contributed by atoms with E-state index in [9.17, 15) is 14.7 Å². The van der Waals surface area contributed by atoms with Crippen LogP contribution in [0.3, 0.4) is 0 Å². The molecule has 0 amide bonds. The fraction of sp³-hybridized carbons (Fsp3) is 0.111. The number of anilines is 1. The number of nitrogens with one attached hydrogen (secondary N) is 1. The number of carboxylic acid groups (broad SMARTS) is 2. The third kappa shape index (κ3) is 3.38. The molecule has 0 radical (unpaired) electrons. The van der Waals surface area contributed by atoms with E-state index < -0.39 is 11.9 Å². The van der Waals surface area contributed by atoms with Crippen molar-refractivity contribution in [1.29, 1.82) is 0 Å². The molecule has 0 bridgehead atoms. The lowest BCUT2D eigenvalue weighted by molar-refractivity contribution is -0.133. The normalized spacial score (nSPS) is 16.2. The minimum absolute atomic E-state index is 0.235. The van der Waals surface area contributed by atoms with Crippen molar-refractivity contribution in [2.75, 3.05) is 11.9 Å². The molecule has 25 heavy (non-hydrogen) atoms. The van der Waals surface area contributed by atoms with Crippen LogP contribution in [0.25, 0.3) is 5.57 Å². The van der Waals surface area contributed by atoms with Gasteiger partial charge in [-0.3, -0.25) is 0 Å². The van der Waals surface area contributed by atoms with Gasteiger partial charge >= 0.3 is 11.9 Å². The highest BCUT2D eigenvalue weighted by Crippen LogP contribution is 2.44. The van der Waals surface area contributed by atoms with Crippen molar-refractivity contribution >= 4 is 35.0 Å². The Bertz CT molecular complexity index is 879. The van der Waals surface area contributed by atoms with Gasteiger partial charge in [-0.05, 0) is 29.3 Å². The Labute approximate surface area is 148 Å².